The molecule has 0 saturated carbocycles. The molecule has 0 unspecified atom stereocenters. The molecule has 1 amide bonds. The Morgan fingerprint density at radius 3 is 2.45 bits per heavy atom. The number of aromatic nitrogens is 1. The summed E-state index contributed by atoms with van der Waals surface area (Å²) >= 11 is 9.70. The zero-order valence-electron chi connectivity index (χ0n) is 16.0. The van der Waals surface area contributed by atoms with E-state index in [9.17, 15) is 4.79 Å². The lowest BCUT2D eigenvalue weighted by molar-refractivity contribution is 0.102. The summed E-state index contributed by atoms with van der Waals surface area (Å²) in [6.07, 6.45) is 0. The number of carbonyl (C=O) groups is 1. The van der Waals surface area contributed by atoms with Gasteiger partial charge in [0.2, 0.25) is 0 Å². The number of hydrogen-bond donors (Lipinski definition) is 1. The van der Waals surface area contributed by atoms with Gasteiger partial charge < -0.3 is 5.32 Å². The summed E-state index contributed by atoms with van der Waals surface area (Å²) in [5.41, 5.74) is 5.78. The molecular weight excluding hydrogens is 448 g/mol. The van der Waals surface area contributed by atoms with Gasteiger partial charge in [-0.3, -0.25) is 4.79 Å². The number of amides is 1. The second-order valence-corrected chi connectivity index (χ2v) is 8.30. The van der Waals surface area contributed by atoms with Crippen LogP contribution >= 0.6 is 27.5 Å². The van der Waals surface area contributed by atoms with E-state index in [0.717, 1.165) is 37.8 Å². The van der Waals surface area contributed by atoms with E-state index in [-0.39, 0.29) is 5.91 Å². The molecule has 3 aromatic carbocycles. The van der Waals surface area contributed by atoms with Crippen LogP contribution in [0.3, 0.4) is 0 Å². The summed E-state index contributed by atoms with van der Waals surface area (Å²) in [6, 6.07) is 21.0. The number of nitrogens with one attached hydrogen (secondary N) is 1. The first-order chi connectivity index (χ1) is 13.9. The maximum absolute atomic E-state index is 13.2. The molecule has 0 aliphatic rings. The first-order valence-corrected chi connectivity index (χ1v) is 10.3. The van der Waals surface area contributed by atoms with E-state index >= 15 is 0 Å². The van der Waals surface area contributed by atoms with E-state index in [1.807, 2.05) is 62.4 Å². The third-order valence-electron chi connectivity index (χ3n) is 4.75. The number of nitrogens with zero attached hydrogens (tertiary/aromatic N) is 1. The van der Waals surface area contributed by atoms with Crippen LogP contribution in [-0.2, 0) is 0 Å². The van der Waals surface area contributed by atoms with E-state index in [1.165, 1.54) is 0 Å². The van der Waals surface area contributed by atoms with Crippen LogP contribution in [0, 0.1) is 13.8 Å². The van der Waals surface area contributed by atoms with Crippen LogP contribution in [0.5, 0.6) is 0 Å². The van der Waals surface area contributed by atoms with Crippen molar-refractivity contribution in [3.05, 3.63) is 92.9 Å². The summed E-state index contributed by atoms with van der Waals surface area (Å²) in [6.45, 7) is 4.04. The molecule has 0 radical (unpaired) electrons. The Bertz CT molecular complexity index is 1240. The van der Waals surface area contributed by atoms with Gasteiger partial charge in [-0.1, -0.05) is 63.4 Å². The van der Waals surface area contributed by atoms with E-state index in [0.29, 0.717) is 16.3 Å². The first-order valence-electron chi connectivity index (χ1n) is 9.16. The number of benzene rings is 3. The third-order valence-corrected chi connectivity index (χ3v) is 5.61. The average Bonchev–Trinajstić information content (AvgIpc) is 2.69. The smallest absolute Gasteiger partial charge is 0.256 e. The molecule has 4 aromatic rings. The van der Waals surface area contributed by atoms with Gasteiger partial charge in [0.25, 0.3) is 5.91 Å². The highest BCUT2D eigenvalue weighted by molar-refractivity contribution is 9.10. The molecule has 0 spiro atoms. The number of hydrogen-bond acceptors (Lipinski definition) is 2. The van der Waals surface area contributed by atoms with Crippen molar-refractivity contribution in [1.29, 1.82) is 0 Å². The molecule has 0 aliphatic carbocycles. The predicted molar refractivity (Wildman–Crippen MR) is 124 cm³/mol. The Balaban J connectivity index is 1.89. The Morgan fingerprint density at radius 2 is 1.72 bits per heavy atom. The molecule has 5 heteroatoms. The minimum atomic E-state index is -0.214. The number of fused-ring (bicyclic) bond motifs is 1. The van der Waals surface area contributed by atoms with Crippen LogP contribution in [0.15, 0.2) is 71.2 Å². The maximum Gasteiger partial charge on any atom is 0.256 e. The quantitative estimate of drug-likeness (QED) is 0.348. The van der Waals surface area contributed by atoms with Gasteiger partial charge in [0.1, 0.15) is 0 Å². The number of aryl methyl sites for hydroxylation is 2. The lowest BCUT2D eigenvalue weighted by Crippen LogP contribution is -2.13. The fraction of sp³-hybridized carbons (Fsp3) is 0.0833. The van der Waals surface area contributed by atoms with Crippen LogP contribution in [0.2, 0.25) is 5.02 Å². The minimum absolute atomic E-state index is 0.214. The van der Waals surface area contributed by atoms with Gasteiger partial charge in [-0.15, -0.1) is 0 Å². The van der Waals surface area contributed by atoms with Gasteiger partial charge in [0, 0.05) is 15.4 Å². The molecule has 0 atom stereocenters. The number of para-hydroxylation sites is 1. The molecule has 29 heavy (non-hydrogen) atoms. The molecule has 3 nitrogen and oxygen atoms in total. The van der Waals surface area contributed by atoms with E-state index in [4.69, 9.17) is 16.6 Å². The van der Waals surface area contributed by atoms with Gasteiger partial charge in [-0.05, 0) is 55.8 Å². The Kier molecular flexibility index (Phi) is 5.39. The van der Waals surface area contributed by atoms with Gasteiger partial charge in [-0.2, -0.15) is 0 Å². The standard InChI is InChI=1S/C24H18BrClN2O/c1-14-11-15(2)23-18(12-14)19(24(29)28-21-6-4-3-5-20(21)26)13-22(27-23)16-7-9-17(25)10-8-16/h3-13H,1-2H3,(H,28,29). The summed E-state index contributed by atoms with van der Waals surface area (Å²) in [4.78, 5) is 18.1. The van der Waals surface area contributed by atoms with E-state index in [1.54, 1.807) is 12.1 Å². The van der Waals surface area contributed by atoms with Crippen LogP contribution in [0.4, 0.5) is 5.69 Å². The van der Waals surface area contributed by atoms with Crippen molar-refractivity contribution in [2.45, 2.75) is 13.8 Å². The SMILES string of the molecule is Cc1cc(C)c2nc(-c3ccc(Br)cc3)cc(C(=O)Nc3ccccc3Cl)c2c1. The van der Waals surface area contributed by atoms with Crippen molar-refractivity contribution in [1.82, 2.24) is 4.98 Å². The van der Waals surface area contributed by atoms with Crippen molar-refractivity contribution in [2.75, 3.05) is 5.32 Å². The number of pyridine rings is 1. The van der Waals surface area contributed by atoms with E-state index in [2.05, 4.69) is 27.3 Å². The molecule has 4 rings (SSSR count). The highest BCUT2D eigenvalue weighted by atomic mass is 79.9. The number of halogens is 2. The third kappa shape index (κ3) is 4.04. The molecule has 1 heterocycles. The molecular formula is C24H18BrClN2O. The predicted octanol–water partition coefficient (Wildman–Crippen LogP) is 7.19. The topological polar surface area (TPSA) is 42.0 Å². The van der Waals surface area contributed by atoms with Gasteiger partial charge in [-0.25, -0.2) is 4.98 Å². The fourth-order valence-electron chi connectivity index (χ4n) is 3.39. The Morgan fingerprint density at radius 1 is 1.00 bits per heavy atom. The highest BCUT2D eigenvalue weighted by Gasteiger charge is 2.17. The molecule has 0 aliphatic heterocycles. The molecule has 0 saturated heterocycles. The van der Waals surface area contributed by atoms with Crippen molar-refractivity contribution in [2.24, 2.45) is 0 Å². The second-order valence-electron chi connectivity index (χ2n) is 6.97. The first kappa shape index (κ1) is 19.6. The van der Waals surface area contributed by atoms with Gasteiger partial charge >= 0.3 is 0 Å². The van der Waals surface area contributed by atoms with Crippen molar-refractivity contribution in [3.63, 3.8) is 0 Å². The molecule has 1 N–H and O–H groups in total. The average molecular weight is 466 g/mol. The van der Waals surface area contributed by atoms with Crippen molar-refractivity contribution >= 4 is 50.0 Å². The lowest BCUT2D eigenvalue weighted by atomic mass is 9.99. The molecule has 0 bridgehead atoms. The van der Waals surface area contributed by atoms with Gasteiger partial charge in [0.05, 0.1) is 27.5 Å². The summed E-state index contributed by atoms with van der Waals surface area (Å²) in [7, 11) is 0. The Hall–Kier alpha value is -2.69. The largest absolute Gasteiger partial charge is 0.321 e. The lowest BCUT2D eigenvalue weighted by Gasteiger charge is -2.13. The van der Waals surface area contributed by atoms with Crippen LogP contribution in [0.25, 0.3) is 22.2 Å². The van der Waals surface area contributed by atoms with E-state index < -0.39 is 0 Å². The number of anilines is 1. The Labute approximate surface area is 182 Å². The normalized spacial score (nSPS) is 10.9. The summed E-state index contributed by atoms with van der Waals surface area (Å²) in [5.74, 6) is -0.214. The maximum atomic E-state index is 13.2. The minimum Gasteiger partial charge on any atom is -0.321 e. The van der Waals surface area contributed by atoms with Crippen LogP contribution in [-0.4, -0.2) is 10.9 Å². The van der Waals surface area contributed by atoms with Gasteiger partial charge in [0.15, 0.2) is 0 Å². The van der Waals surface area contributed by atoms with Crippen molar-refractivity contribution in [3.8, 4) is 11.3 Å². The number of carbonyl (C=O) groups excluding carboxylic acids is 1. The molecule has 0 fully saturated rings. The molecule has 1 aromatic heterocycles. The van der Waals surface area contributed by atoms with Crippen LogP contribution in [0.1, 0.15) is 21.5 Å². The summed E-state index contributed by atoms with van der Waals surface area (Å²) in [5, 5.41) is 4.27. The van der Waals surface area contributed by atoms with Crippen molar-refractivity contribution < 1.29 is 4.79 Å². The number of rotatable bonds is 3. The fourth-order valence-corrected chi connectivity index (χ4v) is 3.84. The zero-order chi connectivity index (χ0) is 20.5. The highest BCUT2D eigenvalue weighted by Crippen LogP contribution is 2.30. The molecule has 144 valence electrons. The van der Waals surface area contributed by atoms with Crippen LogP contribution < -0.4 is 5.32 Å². The summed E-state index contributed by atoms with van der Waals surface area (Å²) < 4.78 is 0.991. The zero-order valence-corrected chi connectivity index (χ0v) is 18.3. The second kappa shape index (κ2) is 7.97. The monoisotopic (exact) mass is 464 g/mol.